The molecule has 0 bridgehead atoms. The zero-order valence-corrected chi connectivity index (χ0v) is 15.9. The first-order valence-electron chi connectivity index (χ1n) is 8.80. The lowest BCUT2D eigenvalue weighted by Gasteiger charge is -2.37. The minimum atomic E-state index is -0.0112. The second-order valence-corrected chi connectivity index (χ2v) is 6.83. The summed E-state index contributed by atoms with van der Waals surface area (Å²) >= 11 is 6.12. The largest absolute Gasteiger partial charge is 0.369 e. The maximum Gasteiger partial charge on any atom is 0.236 e. The van der Waals surface area contributed by atoms with Crippen molar-refractivity contribution in [2.45, 2.75) is 19.8 Å². The Morgan fingerprint density at radius 3 is 2.35 bits per heavy atom. The summed E-state index contributed by atoms with van der Waals surface area (Å²) in [5.41, 5.74) is 2.34. The molecule has 138 valence electrons. The number of carbonyl (C=O) groups excluding carboxylic acids is 1. The van der Waals surface area contributed by atoms with Crippen LogP contribution in [0.1, 0.15) is 18.4 Å². The summed E-state index contributed by atoms with van der Waals surface area (Å²) in [5, 5.41) is 18.2. The van der Waals surface area contributed by atoms with Gasteiger partial charge in [0.15, 0.2) is 0 Å². The number of hydrogen-bond acceptors (Lipinski definition) is 5. The van der Waals surface area contributed by atoms with Crippen molar-refractivity contribution >= 4 is 23.2 Å². The Hall–Kier alpha value is -2.28. The fraction of sp³-hybridized carbons (Fsp3) is 0.526. The smallest absolute Gasteiger partial charge is 0.236 e. The molecule has 0 aliphatic carbocycles. The zero-order chi connectivity index (χ0) is 18.9. The molecule has 0 aromatic heterocycles. The van der Waals surface area contributed by atoms with E-state index >= 15 is 0 Å². The van der Waals surface area contributed by atoms with Crippen LogP contribution in [-0.4, -0.2) is 61.5 Å². The van der Waals surface area contributed by atoms with E-state index in [1.54, 1.807) is 4.90 Å². The maximum atomic E-state index is 12.5. The molecular formula is C19H24ClN5O. The molecule has 1 heterocycles. The highest BCUT2D eigenvalue weighted by Gasteiger charge is 2.22. The Labute approximate surface area is 160 Å². The molecule has 1 fully saturated rings. The Bertz CT molecular complexity index is 683. The van der Waals surface area contributed by atoms with Crippen LogP contribution < -0.4 is 4.90 Å². The monoisotopic (exact) mass is 373 g/mol. The van der Waals surface area contributed by atoms with Gasteiger partial charge in [-0.3, -0.25) is 9.69 Å². The molecule has 0 spiro atoms. The predicted molar refractivity (Wildman–Crippen MR) is 102 cm³/mol. The SMILES string of the molecule is Cc1ccc(Cl)cc1N1CCN(CC(=O)N(CCC#N)CCC#N)CC1. The molecule has 2 rings (SSSR count). The summed E-state index contributed by atoms with van der Waals surface area (Å²) in [7, 11) is 0. The average molecular weight is 374 g/mol. The highest BCUT2D eigenvalue weighted by atomic mass is 35.5. The average Bonchev–Trinajstić information content (AvgIpc) is 2.64. The van der Waals surface area contributed by atoms with Gasteiger partial charge in [0.2, 0.25) is 5.91 Å². The second-order valence-electron chi connectivity index (χ2n) is 6.39. The van der Waals surface area contributed by atoms with Crippen molar-refractivity contribution in [1.82, 2.24) is 9.80 Å². The number of nitrogens with zero attached hydrogens (tertiary/aromatic N) is 5. The van der Waals surface area contributed by atoms with E-state index in [-0.39, 0.29) is 5.91 Å². The minimum Gasteiger partial charge on any atom is -0.369 e. The van der Waals surface area contributed by atoms with E-state index in [0.717, 1.165) is 36.9 Å². The van der Waals surface area contributed by atoms with Crippen LogP contribution >= 0.6 is 11.6 Å². The van der Waals surface area contributed by atoms with Gasteiger partial charge in [0, 0.05) is 50.0 Å². The lowest BCUT2D eigenvalue weighted by molar-refractivity contribution is -0.132. The van der Waals surface area contributed by atoms with E-state index in [1.807, 2.05) is 18.2 Å². The summed E-state index contributed by atoms with van der Waals surface area (Å²) in [6, 6.07) is 10.0. The van der Waals surface area contributed by atoms with Crippen LogP contribution in [0.4, 0.5) is 5.69 Å². The molecule has 26 heavy (non-hydrogen) atoms. The maximum absolute atomic E-state index is 12.5. The van der Waals surface area contributed by atoms with Crippen LogP contribution in [0, 0.1) is 29.6 Å². The number of aryl methyl sites for hydroxylation is 1. The Balaban J connectivity index is 1.88. The normalized spacial score (nSPS) is 14.5. The summed E-state index contributed by atoms with van der Waals surface area (Å²) in [4.78, 5) is 18.6. The van der Waals surface area contributed by atoms with Gasteiger partial charge in [0.25, 0.3) is 0 Å². The number of halogens is 1. The quantitative estimate of drug-likeness (QED) is 0.733. The summed E-state index contributed by atoms with van der Waals surface area (Å²) < 4.78 is 0. The number of benzene rings is 1. The molecule has 0 N–H and O–H groups in total. The van der Waals surface area contributed by atoms with Crippen molar-refractivity contribution in [3.63, 3.8) is 0 Å². The molecule has 1 aliphatic rings. The summed E-state index contributed by atoms with van der Waals surface area (Å²) in [5.74, 6) is -0.0112. The van der Waals surface area contributed by atoms with Crippen molar-refractivity contribution in [3.8, 4) is 12.1 Å². The number of hydrogen-bond donors (Lipinski definition) is 0. The van der Waals surface area contributed by atoms with Crippen LogP contribution in [0.5, 0.6) is 0 Å². The Kier molecular flexibility index (Phi) is 7.72. The highest BCUT2D eigenvalue weighted by molar-refractivity contribution is 6.30. The van der Waals surface area contributed by atoms with Gasteiger partial charge in [-0.15, -0.1) is 0 Å². The van der Waals surface area contributed by atoms with Gasteiger partial charge in [-0.1, -0.05) is 17.7 Å². The lowest BCUT2D eigenvalue weighted by atomic mass is 10.1. The topological polar surface area (TPSA) is 74.4 Å². The van der Waals surface area contributed by atoms with Gasteiger partial charge >= 0.3 is 0 Å². The molecule has 6 nitrogen and oxygen atoms in total. The van der Waals surface area contributed by atoms with E-state index < -0.39 is 0 Å². The summed E-state index contributed by atoms with van der Waals surface area (Å²) in [6.07, 6.45) is 0.581. The number of anilines is 1. The molecule has 0 saturated carbocycles. The van der Waals surface area contributed by atoms with Crippen molar-refractivity contribution in [1.29, 1.82) is 10.5 Å². The Morgan fingerprint density at radius 1 is 1.15 bits per heavy atom. The Morgan fingerprint density at radius 2 is 1.77 bits per heavy atom. The fourth-order valence-corrected chi connectivity index (χ4v) is 3.26. The van der Waals surface area contributed by atoms with Gasteiger partial charge in [-0.25, -0.2) is 0 Å². The molecule has 1 aromatic rings. The standard InChI is InChI=1S/C19H24ClN5O/c1-16-4-5-17(20)14-18(16)24-12-10-23(11-13-24)15-19(26)25(8-2-6-21)9-3-7-22/h4-5,14H,2-3,8-13,15H2,1H3. The van der Waals surface area contributed by atoms with Crippen molar-refractivity contribution in [3.05, 3.63) is 28.8 Å². The molecule has 1 amide bonds. The van der Waals surface area contributed by atoms with Crippen LogP contribution in [-0.2, 0) is 4.79 Å². The van der Waals surface area contributed by atoms with Gasteiger partial charge in [-0.05, 0) is 24.6 Å². The van der Waals surface area contributed by atoms with Crippen LogP contribution in [0.15, 0.2) is 18.2 Å². The van der Waals surface area contributed by atoms with Crippen LogP contribution in [0.2, 0.25) is 5.02 Å². The van der Waals surface area contributed by atoms with Gasteiger partial charge in [0.05, 0.1) is 31.5 Å². The molecule has 7 heteroatoms. The molecule has 1 aromatic carbocycles. The van der Waals surface area contributed by atoms with Crippen molar-refractivity contribution in [2.75, 3.05) is 50.7 Å². The molecular weight excluding hydrogens is 350 g/mol. The van der Waals surface area contributed by atoms with E-state index in [2.05, 4.69) is 28.9 Å². The van der Waals surface area contributed by atoms with Crippen molar-refractivity contribution in [2.24, 2.45) is 0 Å². The second kappa shape index (κ2) is 10.0. The number of piperazine rings is 1. The van der Waals surface area contributed by atoms with Crippen molar-refractivity contribution < 1.29 is 4.79 Å². The van der Waals surface area contributed by atoms with E-state index in [4.69, 9.17) is 22.1 Å². The molecule has 0 atom stereocenters. The fourth-order valence-electron chi connectivity index (χ4n) is 3.09. The first kappa shape index (κ1) is 20.0. The van der Waals surface area contributed by atoms with Gasteiger partial charge in [-0.2, -0.15) is 10.5 Å². The molecule has 0 unspecified atom stereocenters. The molecule has 1 saturated heterocycles. The van der Waals surface area contributed by atoms with Gasteiger partial charge in [0.1, 0.15) is 0 Å². The highest BCUT2D eigenvalue weighted by Crippen LogP contribution is 2.25. The molecule has 0 radical (unpaired) electrons. The van der Waals surface area contributed by atoms with Crippen LogP contribution in [0.25, 0.3) is 0 Å². The minimum absolute atomic E-state index is 0.0112. The first-order valence-corrected chi connectivity index (χ1v) is 9.18. The van der Waals surface area contributed by atoms with E-state index in [0.29, 0.717) is 32.5 Å². The van der Waals surface area contributed by atoms with Crippen LogP contribution in [0.3, 0.4) is 0 Å². The zero-order valence-electron chi connectivity index (χ0n) is 15.1. The van der Waals surface area contributed by atoms with E-state index in [9.17, 15) is 4.79 Å². The third-order valence-electron chi connectivity index (χ3n) is 4.58. The number of rotatable bonds is 7. The van der Waals surface area contributed by atoms with E-state index in [1.165, 1.54) is 5.56 Å². The number of amides is 1. The third kappa shape index (κ3) is 5.62. The number of nitriles is 2. The number of carbonyl (C=O) groups is 1. The first-order chi connectivity index (χ1) is 12.5. The third-order valence-corrected chi connectivity index (χ3v) is 4.82. The molecule has 1 aliphatic heterocycles. The predicted octanol–water partition coefficient (Wildman–Crippen LogP) is 2.43. The summed E-state index contributed by atoms with van der Waals surface area (Å²) in [6.45, 7) is 6.44. The van der Waals surface area contributed by atoms with Gasteiger partial charge < -0.3 is 9.80 Å². The lowest BCUT2D eigenvalue weighted by Crippen LogP contribution is -2.50.